The number of thiophene rings is 1. The van der Waals surface area contributed by atoms with Crippen LogP contribution >= 0.6 is 11.3 Å². The molecule has 0 spiro atoms. The van der Waals surface area contributed by atoms with Crippen LogP contribution in [-0.4, -0.2) is 14.7 Å². The second-order valence-electron chi connectivity index (χ2n) is 4.42. The second-order valence-corrected chi connectivity index (χ2v) is 5.36. The van der Waals surface area contributed by atoms with Crippen molar-refractivity contribution in [2.75, 3.05) is 0 Å². The van der Waals surface area contributed by atoms with Crippen molar-refractivity contribution < 1.29 is 5.11 Å². The van der Waals surface area contributed by atoms with Crippen molar-refractivity contribution in [2.45, 2.75) is 5.60 Å². The number of imidazole rings is 1. The summed E-state index contributed by atoms with van der Waals surface area (Å²) < 4.78 is 1.85. The Balaban J connectivity index is 2.26. The molecule has 19 heavy (non-hydrogen) atoms. The lowest BCUT2D eigenvalue weighted by Gasteiger charge is -2.27. The van der Waals surface area contributed by atoms with E-state index >= 15 is 0 Å². The standard InChI is InChI=1S/C15H14N2OS/c1-17-10-9-16-14(17)15(18,13-8-5-11-19-13)12-6-3-2-4-7-12/h2-11,18H,1H3. The lowest BCUT2D eigenvalue weighted by molar-refractivity contribution is 0.116. The summed E-state index contributed by atoms with van der Waals surface area (Å²) in [5, 5.41) is 13.3. The fourth-order valence-electron chi connectivity index (χ4n) is 2.26. The number of benzene rings is 1. The van der Waals surface area contributed by atoms with Gasteiger partial charge in [-0.05, 0) is 17.0 Å². The maximum absolute atomic E-state index is 11.3. The summed E-state index contributed by atoms with van der Waals surface area (Å²) in [6.45, 7) is 0. The van der Waals surface area contributed by atoms with Crippen LogP contribution in [0.15, 0.2) is 60.2 Å². The van der Waals surface area contributed by atoms with Crippen LogP contribution < -0.4 is 0 Å². The topological polar surface area (TPSA) is 38.0 Å². The Hall–Kier alpha value is -1.91. The zero-order valence-corrected chi connectivity index (χ0v) is 11.3. The van der Waals surface area contributed by atoms with Crippen molar-refractivity contribution >= 4 is 11.3 Å². The number of aromatic nitrogens is 2. The van der Waals surface area contributed by atoms with Crippen molar-refractivity contribution in [3.05, 3.63) is 76.5 Å². The minimum Gasteiger partial charge on any atom is -0.372 e. The molecule has 3 nitrogen and oxygen atoms in total. The molecule has 4 heteroatoms. The Morgan fingerprint density at radius 1 is 1.16 bits per heavy atom. The summed E-state index contributed by atoms with van der Waals surface area (Å²) in [6, 6.07) is 13.5. The first-order valence-electron chi connectivity index (χ1n) is 6.02. The second kappa shape index (κ2) is 4.64. The van der Waals surface area contributed by atoms with Gasteiger partial charge in [-0.25, -0.2) is 4.98 Å². The van der Waals surface area contributed by atoms with Gasteiger partial charge >= 0.3 is 0 Å². The van der Waals surface area contributed by atoms with E-state index in [0.717, 1.165) is 10.4 Å². The molecule has 1 atom stereocenters. The van der Waals surface area contributed by atoms with Crippen molar-refractivity contribution in [3.8, 4) is 0 Å². The third kappa shape index (κ3) is 1.89. The third-order valence-electron chi connectivity index (χ3n) is 3.21. The van der Waals surface area contributed by atoms with Gasteiger partial charge in [0.05, 0.1) is 0 Å². The van der Waals surface area contributed by atoms with E-state index in [1.807, 2.05) is 65.7 Å². The van der Waals surface area contributed by atoms with Gasteiger partial charge in [0, 0.05) is 24.3 Å². The fraction of sp³-hybridized carbons (Fsp3) is 0.133. The van der Waals surface area contributed by atoms with Gasteiger partial charge in [-0.1, -0.05) is 36.4 Å². The van der Waals surface area contributed by atoms with Crippen LogP contribution in [0.25, 0.3) is 0 Å². The summed E-state index contributed by atoms with van der Waals surface area (Å²) in [4.78, 5) is 5.21. The molecule has 3 rings (SSSR count). The number of aryl methyl sites for hydroxylation is 1. The molecule has 0 aliphatic rings. The van der Waals surface area contributed by atoms with Crippen molar-refractivity contribution in [2.24, 2.45) is 7.05 Å². The van der Waals surface area contributed by atoms with Gasteiger partial charge in [-0.15, -0.1) is 11.3 Å². The maximum Gasteiger partial charge on any atom is 0.182 e. The molecule has 96 valence electrons. The van der Waals surface area contributed by atoms with Crippen LogP contribution in [0.4, 0.5) is 0 Å². The quantitative estimate of drug-likeness (QED) is 0.794. The van der Waals surface area contributed by atoms with E-state index in [0.29, 0.717) is 5.82 Å². The van der Waals surface area contributed by atoms with Gasteiger partial charge in [0.1, 0.15) is 0 Å². The van der Waals surface area contributed by atoms with E-state index in [4.69, 9.17) is 0 Å². The van der Waals surface area contributed by atoms with E-state index in [-0.39, 0.29) is 0 Å². The van der Waals surface area contributed by atoms with Crippen molar-refractivity contribution in [3.63, 3.8) is 0 Å². The summed E-state index contributed by atoms with van der Waals surface area (Å²) in [7, 11) is 1.89. The maximum atomic E-state index is 11.3. The fourth-order valence-corrected chi connectivity index (χ4v) is 3.10. The van der Waals surface area contributed by atoms with E-state index in [2.05, 4.69) is 4.98 Å². The van der Waals surface area contributed by atoms with Gasteiger partial charge in [0.25, 0.3) is 0 Å². The lowest BCUT2D eigenvalue weighted by Crippen LogP contribution is -2.31. The van der Waals surface area contributed by atoms with Crippen molar-refractivity contribution in [1.82, 2.24) is 9.55 Å². The highest BCUT2D eigenvalue weighted by Gasteiger charge is 2.38. The third-order valence-corrected chi connectivity index (χ3v) is 4.19. The Labute approximate surface area is 115 Å². The predicted octanol–water partition coefficient (Wildman–Crippen LogP) is 2.77. The van der Waals surface area contributed by atoms with Crippen LogP contribution in [0.2, 0.25) is 0 Å². The number of rotatable bonds is 3. The lowest BCUT2D eigenvalue weighted by atomic mass is 9.91. The number of hydrogen-bond acceptors (Lipinski definition) is 3. The largest absolute Gasteiger partial charge is 0.372 e. The SMILES string of the molecule is Cn1ccnc1C(O)(c1ccccc1)c1cccs1. The number of nitrogens with zero attached hydrogens (tertiary/aromatic N) is 2. The van der Waals surface area contributed by atoms with Crippen molar-refractivity contribution in [1.29, 1.82) is 0 Å². The molecule has 0 aliphatic carbocycles. The van der Waals surface area contributed by atoms with Gasteiger partial charge in [-0.2, -0.15) is 0 Å². The average molecular weight is 270 g/mol. The molecule has 0 fully saturated rings. The first-order chi connectivity index (χ1) is 9.23. The van der Waals surface area contributed by atoms with Crippen LogP contribution in [0.5, 0.6) is 0 Å². The number of hydrogen-bond donors (Lipinski definition) is 1. The molecule has 0 radical (unpaired) electrons. The molecule has 2 aromatic heterocycles. The molecule has 2 heterocycles. The Morgan fingerprint density at radius 3 is 2.53 bits per heavy atom. The van der Waals surface area contributed by atoms with Gasteiger partial charge in [0.15, 0.2) is 11.4 Å². The number of aliphatic hydroxyl groups is 1. The zero-order chi connectivity index (χ0) is 13.3. The molecule has 0 saturated heterocycles. The summed E-state index contributed by atoms with van der Waals surface area (Å²) in [5.74, 6) is 0.626. The van der Waals surface area contributed by atoms with Crippen LogP contribution in [0.1, 0.15) is 16.3 Å². The van der Waals surface area contributed by atoms with Gasteiger partial charge in [-0.3, -0.25) is 0 Å². The molecular weight excluding hydrogens is 256 g/mol. The van der Waals surface area contributed by atoms with E-state index in [9.17, 15) is 5.11 Å². The van der Waals surface area contributed by atoms with Crippen LogP contribution in [0.3, 0.4) is 0 Å². The normalized spacial score (nSPS) is 14.2. The molecule has 1 aromatic carbocycles. The molecule has 3 aromatic rings. The summed E-state index contributed by atoms with van der Waals surface area (Å²) >= 11 is 1.53. The average Bonchev–Trinajstić information content (AvgIpc) is 3.10. The molecule has 0 bridgehead atoms. The Morgan fingerprint density at radius 2 is 1.95 bits per heavy atom. The van der Waals surface area contributed by atoms with E-state index in [1.165, 1.54) is 11.3 Å². The highest BCUT2D eigenvalue weighted by molar-refractivity contribution is 7.10. The van der Waals surface area contributed by atoms with Gasteiger partial charge < -0.3 is 9.67 Å². The first-order valence-corrected chi connectivity index (χ1v) is 6.90. The van der Waals surface area contributed by atoms with Gasteiger partial charge in [0.2, 0.25) is 0 Å². The molecule has 0 saturated carbocycles. The monoisotopic (exact) mass is 270 g/mol. The van der Waals surface area contributed by atoms with Crippen LogP contribution in [-0.2, 0) is 12.6 Å². The molecular formula is C15H14N2OS. The minimum absolute atomic E-state index is 0.626. The molecule has 0 amide bonds. The summed E-state index contributed by atoms with van der Waals surface area (Å²) in [6.07, 6.45) is 3.55. The van der Waals surface area contributed by atoms with Crippen LogP contribution in [0, 0.1) is 0 Å². The van der Waals surface area contributed by atoms with E-state index in [1.54, 1.807) is 6.20 Å². The highest BCUT2D eigenvalue weighted by atomic mass is 32.1. The molecule has 1 unspecified atom stereocenters. The Kier molecular flexibility index (Phi) is 2.97. The van der Waals surface area contributed by atoms with E-state index < -0.39 is 5.60 Å². The zero-order valence-electron chi connectivity index (χ0n) is 10.5. The first kappa shape index (κ1) is 12.1. The highest BCUT2D eigenvalue weighted by Crippen LogP contribution is 2.37. The Bertz CT molecular complexity index is 661. The smallest absolute Gasteiger partial charge is 0.182 e. The minimum atomic E-state index is -1.20. The molecule has 1 N–H and O–H groups in total. The molecule has 0 aliphatic heterocycles. The summed E-state index contributed by atoms with van der Waals surface area (Å²) in [5.41, 5.74) is -0.375. The predicted molar refractivity (Wildman–Crippen MR) is 76.1 cm³/mol.